The number of carbonyl (C=O) groups is 1. The Labute approximate surface area is 163 Å². The van der Waals surface area contributed by atoms with Gasteiger partial charge < -0.3 is 13.9 Å². The van der Waals surface area contributed by atoms with Crippen LogP contribution in [0.5, 0.6) is 5.75 Å². The Morgan fingerprint density at radius 1 is 1.04 bits per heavy atom. The van der Waals surface area contributed by atoms with Gasteiger partial charge >= 0.3 is 11.6 Å². The van der Waals surface area contributed by atoms with Crippen LogP contribution in [0.2, 0.25) is 0 Å². The van der Waals surface area contributed by atoms with E-state index in [2.05, 4.69) is 20.8 Å². The first-order valence-corrected chi connectivity index (χ1v) is 9.15. The number of esters is 1. The van der Waals surface area contributed by atoms with Crippen molar-refractivity contribution < 1.29 is 18.7 Å². The fourth-order valence-electron chi connectivity index (χ4n) is 2.85. The second-order valence-corrected chi connectivity index (χ2v) is 7.81. The molecule has 3 rings (SSSR count). The molecule has 0 fully saturated rings. The maximum absolute atomic E-state index is 12.0. The van der Waals surface area contributed by atoms with Crippen LogP contribution in [-0.4, -0.2) is 12.6 Å². The molecule has 0 unspecified atom stereocenters. The third-order valence-electron chi connectivity index (χ3n) is 4.45. The minimum absolute atomic E-state index is 0.0175. The van der Waals surface area contributed by atoms with Gasteiger partial charge in [-0.15, -0.1) is 0 Å². The Hall–Kier alpha value is -3.08. The van der Waals surface area contributed by atoms with Crippen molar-refractivity contribution in [3.05, 3.63) is 75.6 Å². The van der Waals surface area contributed by atoms with Gasteiger partial charge in [-0.2, -0.15) is 0 Å². The zero-order chi connectivity index (χ0) is 20.3. The number of ether oxygens (including phenoxy) is 2. The van der Waals surface area contributed by atoms with Crippen LogP contribution in [0.4, 0.5) is 0 Å². The van der Waals surface area contributed by atoms with Gasteiger partial charge in [-0.1, -0.05) is 45.0 Å². The van der Waals surface area contributed by atoms with E-state index < -0.39 is 11.6 Å². The minimum Gasteiger partial charge on any atom is -0.482 e. The fraction of sp³-hybridized carbons (Fsp3) is 0.304. The van der Waals surface area contributed by atoms with Gasteiger partial charge in [-0.05, 0) is 41.7 Å². The SMILES string of the molecule is Cc1ccc2c(COC(=O)COc3ccc(C(C)(C)C)cc3)cc(=O)oc2c1. The molecule has 0 saturated carbocycles. The highest BCUT2D eigenvalue weighted by Gasteiger charge is 2.14. The third-order valence-corrected chi connectivity index (χ3v) is 4.45. The van der Waals surface area contributed by atoms with Gasteiger partial charge in [0.05, 0.1) is 0 Å². The molecule has 146 valence electrons. The molecule has 28 heavy (non-hydrogen) atoms. The lowest BCUT2D eigenvalue weighted by atomic mass is 9.87. The second kappa shape index (κ2) is 7.89. The zero-order valence-electron chi connectivity index (χ0n) is 16.6. The van der Waals surface area contributed by atoms with Gasteiger partial charge in [0.15, 0.2) is 6.61 Å². The van der Waals surface area contributed by atoms with Crippen molar-refractivity contribution in [3.8, 4) is 5.75 Å². The molecule has 2 aromatic carbocycles. The summed E-state index contributed by atoms with van der Waals surface area (Å²) >= 11 is 0. The highest BCUT2D eigenvalue weighted by Crippen LogP contribution is 2.24. The quantitative estimate of drug-likeness (QED) is 0.481. The molecule has 3 aromatic rings. The average molecular weight is 380 g/mol. The van der Waals surface area contributed by atoms with Crippen molar-refractivity contribution in [2.24, 2.45) is 0 Å². The van der Waals surface area contributed by atoms with Gasteiger partial charge in [0.1, 0.15) is 17.9 Å². The summed E-state index contributed by atoms with van der Waals surface area (Å²) in [6.45, 7) is 8.10. The van der Waals surface area contributed by atoms with E-state index in [-0.39, 0.29) is 18.6 Å². The predicted octanol–water partition coefficient (Wildman–Crippen LogP) is 4.52. The van der Waals surface area contributed by atoms with Gasteiger partial charge in [0.25, 0.3) is 0 Å². The predicted molar refractivity (Wildman–Crippen MR) is 108 cm³/mol. The van der Waals surface area contributed by atoms with Crippen molar-refractivity contribution in [1.29, 1.82) is 0 Å². The van der Waals surface area contributed by atoms with Crippen LogP contribution in [0.1, 0.15) is 37.5 Å². The largest absolute Gasteiger partial charge is 0.482 e. The first-order valence-electron chi connectivity index (χ1n) is 9.15. The summed E-state index contributed by atoms with van der Waals surface area (Å²) in [7, 11) is 0. The lowest BCUT2D eigenvalue weighted by molar-refractivity contribution is -0.147. The molecular formula is C23H24O5. The van der Waals surface area contributed by atoms with Crippen LogP contribution in [0.3, 0.4) is 0 Å². The molecule has 0 saturated heterocycles. The first kappa shape index (κ1) is 19.7. The minimum atomic E-state index is -0.506. The Kier molecular flexibility index (Phi) is 5.54. The van der Waals surface area contributed by atoms with Crippen molar-refractivity contribution in [1.82, 2.24) is 0 Å². The maximum Gasteiger partial charge on any atom is 0.344 e. The van der Waals surface area contributed by atoms with E-state index in [1.165, 1.54) is 11.6 Å². The number of fused-ring (bicyclic) bond motifs is 1. The van der Waals surface area contributed by atoms with Gasteiger partial charge in [-0.3, -0.25) is 0 Å². The van der Waals surface area contributed by atoms with E-state index in [1.54, 1.807) is 6.07 Å². The molecule has 5 nitrogen and oxygen atoms in total. The fourth-order valence-corrected chi connectivity index (χ4v) is 2.85. The zero-order valence-corrected chi connectivity index (χ0v) is 16.6. The highest BCUT2D eigenvalue weighted by molar-refractivity contribution is 5.81. The third kappa shape index (κ3) is 4.80. The maximum atomic E-state index is 12.0. The number of hydrogen-bond acceptors (Lipinski definition) is 5. The first-order chi connectivity index (χ1) is 13.2. The molecule has 1 aromatic heterocycles. The second-order valence-electron chi connectivity index (χ2n) is 7.81. The Morgan fingerprint density at radius 3 is 2.43 bits per heavy atom. The lowest BCUT2D eigenvalue weighted by Gasteiger charge is -2.19. The van der Waals surface area contributed by atoms with E-state index in [0.29, 0.717) is 16.9 Å². The summed E-state index contributed by atoms with van der Waals surface area (Å²) in [4.78, 5) is 23.8. The molecule has 0 bridgehead atoms. The Morgan fingerprint density at radius 2 is 1.75 bits per heavy atom. The lowest BCUT2D eigenvalue weighted by Crippen LogP contribution is -2.16. The van der Waals surface area contributed by atoms with Crippen LogP contribution in [0.15, 0.2) is 57.7 Å². The Balaban J connectivity index is 1.60. The van der Waals surface area contributed by atoms with Crippen molar-refractivity contribution in [2.75, 3.05) is 6.61 Å². The molecule has 0 spiro atoms. The van der Waals surface area contributed by atoms with E-state index in [9.17, 15) is 9.59 Å². The molecule has 1 heterocycles. The Bertz CT molecular complexity index is 1040. The molecule has 0 amide bonds. The summed E-state index contributed by atoms with van der Waals surface area (Å²) < 4.78 is 16.0. The highest BCUT2D eigenvalue weighted by atomic mass is 16.6. The number of hydrogen-bond donors (Lipinski definition) is 0. The van der Waals surface area contributed by atoms with E-state index in [1.807, 2.05) is 43.3 Å². The topological polar surface area (TPSA) is 65.7 Å². The van der Waals surface area contributed by atoms with E-state index in [0.717, 1.165) is 10.9 Å². The summed E-state index contributed by atoms with van der Waals surface area (Å²) in [5.74, 6) is 0.0969. The average Bonchev–Trinajstić information content (AvgIpc) is 2.63. The van der Waals surface area contributed by atoms with Crippen LogP contribution >= 0.6 is 0 Å². The van der Waals surface area contributed by atoms with Gasteiger partial charge in [-0.25, -0.2) is 9.59 Å². The van der Waals surface area contributed by atoms with Crippen molar-refractivity contribution in [2.45, 2.75) is 39.7 Å². The van der Waals surface area contributed by atoms with Crippen LogP contribution in [0, 0.1) is 6.92 Å². The van der Waals surface area contributed by atoms with E-state index >= 15 is 0 Å². The van der Waals surface area contributed by atoms with Gasteiger partial charge in [0, 0.05) is 17.0 Å². The van der Waals surface area contributed by atoms with Crippen LogP contribution in [0.25, 0.3) is 11.0 Å². The number of aryl methyl sites for hydroxylation is 1. The normalized spacial score (nSPS) is 11.4. The number of benzene rings is 2. The monoisotopic (exact) mass is 380 g/mol. The summed E-state index contributed by atoms with van der Waals surface area (Å²) in [6.07, 6.45) is 0. The smallest absolute Gasteiger partial charge is 0.344 e. The standard InChI is InChI=1S/C23H24O5/c1-15-5-10-19-16(12-21(24)28-20(19)11-15)13-27-22(25)14-26-18-8-6-17(7-9-18)23(2,3)4/h5-12H,13-14H2,1-4H3. The van der Waals surface area contributed by atoms with E-state index in [4.69, 9.17) is 13.9 Å². The molecule has 0 atom stereocenters. The number of carbonyl (C=O) groups excluding carboxylic acids is 1. The summed E-state index contributed by atoms with van der Waals surface area (Å²) in [5.41, 5.74) is 2.84. The molecule has 0 aliphatic rings. The van der Waals surface area contributed by atoms with Crippen molar-refractivity contribution in [3.63, 3.8) is 0 Å². The van der Waals surface area contributed by atoms with Crippen molar-refractivity contribution >= 4 is 16.9 Å². The number of rotatable bonds is 5. The summed E-state index contributed by atoms with van der Waals surface area (Å²) in [5, 5.41) is 0.747. The molecular weight excluding hydrogens is 356 g/mol. The molecule has 0 aliphatic heterocycles. The molecule has 0 aliphatic carbocycles. The van der Waals surface area contributed by atoms with Gasteiger partial charge in [0.2, 0.25) is 0 Å². The van der Waals surface area contributed by atoms with Crippen LogP contribution in [-0.2, 0) is 21.6 Å². The molecule has 0 radical (unpaired) electrons. The van der Waals surface area contributed by atoms with Crippen LogP contribution < -0.4 is 10.4 Å². The summed E-state index contributed by atoms with van der Waals surface area (Å²) in [6, 6.07) is 14.5. The molecule has 5 heteroatoms. The molecule has 0 N–H and O–H groups in total.